The lowest BCUT2D eigenvalue weighted by Gasteiger charge is -2.15. The van der Waals surface area contributed by atoms with Crippen LogP contribution in [0.3, 0.4) is 0 Å². The van der Waals surface area contributed by atoms with Gasteiger partial charge < -0.3 is 10.6 Å². The second-order valence-electron chi connectivity index (χ2n) is 7.20. The van der Waals surface area contributed by atoms with Crippen molar-refractivity contribution in [2.45, 2.75) is 32.2 Å². The number of imide groups is 1. The molecule has 0 bridgehead atoms. The van der Waals surface area contributed by atoms with Crippen molar-refractivity contribution >= 4 is 45.6 Å². The van der Waals surface area contributed by atoms with Crippen molar-refractivity contribution in [3.63, 3.8) is 0 Å². The molecule has 4 amide bonds. The highest BCUT2D eigenvalue weighted by Crippen LogP contribution is 2.29. The van der Waals surface area contributed by atoms with Crippen LogP contribution in [-0.2, 0) is 16.0 Å². The van der Waals surface area contributed by atoms with Crippen molar-refractivity contribution < 1.29 is 14.4 Å². The Balaban J connectivity index is 1.34. The molecule has 8 heteroatoms. The summed E-state index contributed by atoms with van der Waals surface area (Å²) < 4.78 is 0. The number of carbonyl (C=O) groups excluding carboxylic acids is 3. The highest BCUT2D eigenvalue weighted by Gasteiger charge is 2.39. The van der Waals surface area contributed by atoms with Gasteiger partial charge in [0.1, 0.15) is 6.04 Å². The van der Waals surface area contributed by atoms with Crippen LogP contribution in [0.15, 0.2) is 47.8 Å². The molecule has 154 valence electrons. The number of fused-ring (bicyclic) bond motifs is 1. The average molecular weight is 423 g/mol. The van der Waals surface area contributed by atoms with Gasteiger partial charge in [-0.3, -0.25) is 9.59 Å². The molecular formula is C22H22N4O3S. The third-order valence-corrected chi connectivity index (χ3v) is 6.04. The number of aryl methyl sites for hydroxylation is 1. The van der Waals surface area contributed by atoms with E-state index >= 15 is 0 Å². The van der Waals surface area contributed by atoms with Crippen LogP contribution in [0.5, 0.6) is 0 Å². The molecule has 0 saturated carbocycles. The molecular weight excluding hydrogens is 400 g/mol. The fraction of sp³-hybridized carbons (Fsp3) is 0.273. The van der Waals surface area contributed by atoms with E-state index in [1.54, 1.807) is 17.4 Å². The first-order valence-electron chi connectivity index (χ1n) is 9.83. The maximum Gasteiger partial charge on any atom is 0.329 e. The topological polar surface area (TPSA) is 91.4 Å². The van der Waals surface area contributed by atoms with E-state index in [4.69, 9.17) is 0 Å². The summed E-state index contributed by atoms with van der Waals surface area (Å²) >= 11 is 1.57. The summed E-state index contributed by atoms with van der Waals surface area (Å²) in [5.74, 6) is -0.476. The van der Waals surface area contributed by atoms with E-state index in [9.17, 15) is 14.4 Å². The summed E-state index contributed by atoms with van der Waals surface area (Å²) in [5, 5.41) is 10.3. The predicted octanol–water partition coefficient (Wildman–Crippen LogP) is 3.17. The number of anilines is 1. The Hall–Kier alpha value is -3.26. The molecule has 1 atom stereocenters. The van der Waals surface area contributed by atoms with Crippen LogP contribution < -0.4 is 15.5 Å². The second-order valence-corrected chi connectivity index (χ2v) is 8.14. The number of carbonyl (C=O) groups is 3. The summed E-state index contributed by atoms with van der Waals surface area (Å²) in [5.41, 5.74) is 1.54. The van der Waals surface area contributed by atoms with Crippen molar-refractivity contribution in [2.24, 2.45) is 0 Å². The van der Waals surface area contributed by atoms with Gasteiger partial charge >= 0.3 is 6.03 Å². The molecule has 1 aromatic heterocycles. The van der Waals surface area contributed by atoms with Crippen LogP contribution in [0.1, 0.15) is 23.5 Å². The first-order chi connectivity index (χ1) is 14.5. The number of thiazole rings is 1. The summed E-state index contributed by atoms with van der Waals surface area (Å²) in [6.07, 6.45) is 1.10. The largest absolute Gasteiger partial charge is 0.356 e. The Labute approximate surface area is 178 Å². The van der Waals surface area contributed by atoms with Gasteiger partial charge in [0.2, 0.25) is 5.91 Å². The predicted molar refractivity (Wildman–Crippen MR) is 117 cm³/mol. The van der Waals surface area contributed by atoms with Crippen LogP contribution in [0.2, 0.25) is 0 Å². The van der Waals surface area contributed by atoms with Gasteiger partial charge in [0.25, 0.3) is 5.91 Å². The summed E-state index contributed by atoms with van der Waals surface area (Å²) in [6, 6.07) is 12.0. The van der Waals surface area contributed by atoms with Crippen molar-refractivity contribution in [2.75, 3.05) is 11.4 Å². The number of hydrogen-bond donors (Lipinski definition) is 2. The van der Waals surface area contributed by atoms with Gasteiger partial charge in [-0.2, -0.15) is 0 Å². The number of rotatable bonds is 7. The molecule has 0 aliphatic carbocycles. The summed E-state index contributed by atoms with van der Waals surface area (Å²) in [6.45, 7) is 2.44. The molecule has 0 radical (unpaired) electrons. The van der Waals surface area contributed by atoms with Crippen LogP contribution in [0.4, 0.5) is 10.5 Å². The van der Waals surface area contributed by atoms with Gasteiger partial charge in [0, 0.05) is 35.8 Å². The molecule has 3 aromatic rings. The molecule has 30 heavy (non-hydrogen) atoms. The molecule has 2 N–H and O–H groups in total. The smallest absolute Gasteiger partial charge is 0.329 e. The number of benzene rings is 2. The normalized spacial score (nSPS) is 16.2. The van der Waals surface area contributed by atoms with E-state index in [0.29, 0.717) is 18.7 Å². The first-order valence-corrected chi connectivity index (χ1v) is 10.7. The minimum absolute atomic E-state index is 0.145. The summed E-state index contributed by atoms with van der Waals surface area (Å²) in [7, 11) is 0. The Morgan fingerprint density at radius 3 is 2.80 bits per heavy atom. The molecule has 0 unspecified atom stereocenters. The monoisotopic (exact) mass is 422 g/mol. The molecule has 4 rings (SSSR count). The van der Waals surface area contributed by atoms with Gasteiger partial charge in [0.05, 0.1) is 10.7 Å². The molecule has 1 fully saturated rings. The van der Waals surface area contributed by atoms with Crippen LogP contribution in [0.25, 0.3) is 10.8 Å². The molecule has 1 aliphatic rings. The quantitative estimate of drug-likeness (QED) is 0.572. The Morgan fingerprint density at radius 1 is 1.20 bits per heavy atom. The number of nitrogens with one attached hydrogen (secondary N) is 2. The van der Waals surface area contributed by atoms with E-state index in [0.717, 1.165) is 21.5 Å². The van der Waals surface area contributed by atoms with Crippen molar-refractivity contribution in [1.82, 2.24) is 15.6 Å². The zero-order valence-electron chi connectivity index (χ0n) is 16.6. The molecule has 7 nitrogen and oxygen atoms in total. The zero-order valence-corrected chi connectivity index (χ0v) is 17.4. The molecule has 2 heterocycles. The number of urea groups is 1. The van der Waals surface area contributed by atoms with E-state index < -0.39 is 12.1 Å². The van der Waals surface area contributed by atoms with E-state index in [-0.39, 0.29) is 24.7 Å². The van der Waals surface area contributed by atoms with E-state index in [2.05, 4.69) is 15.6 Å². The number of aromatic nitrogens is 1. The second kappa shape index (κ2) is 8.62. The van der Waals surface area contributed by atoms with Gasteiger partial charge in [-0.25, -0.2) is 14.7 Å². The van der Waals surface area contributed by atoms with Crippen LogP contribution in [-0.4, -0.2) is 35.4 Å². The van der Waals surface area contributed by atoms with Gasteiger partial charge in [-0.15, -0.1) is 11.3 Å². The molecule has 1 saturated heterocycles. The molecule has 0 spiro atoms. The van der Waals surface area contributed by atoms with E-state index in [1.807, 2.05) is 48.7 Å². The van der Waals surface area contributed by atoms with Crippen molar-refractivity contribution in [3.05, 3.63) is 58.5 Å². The van der Waals surface area contributed by atoms with E-state index in [1.165, 1.54) is 4.90 Å². The number of nitrogens with zero attached hydrogens (tertiary/aromatic N) is 2. The maximum atomic E-state index is 12.9. The number of amides is 4. The van der Waals surface area contributed by atoms with Crippen LogP contribution in [0, 0.1) is 6.92 Å². The zero-order chi connectivity index (χ0) is 21.1. The highest BCUT2D eigenvalue weighted by molar-refractivity contribution is 7.09. The fourth-order valence-electron chi connectivity index (χ4n) is 3.55. The standard InChI is InChI=1S/C22H22N4O3S/c1-14-13-30-20(24-14)11-12-23-19(27)10-9-17-21(28)26(22(29)25-17)18-8-4-6-15-5-2-3-7-16(15)18/h2-8,13,17H,9-12H2,1H3,(H,23,27)(H,25,29)/t17-/m1/s1. The van der Waals surface area contributed by atoms with Crippen molar-refractivity contribution in [3.8, 4) is 0 Å². The molecule has 1 aliphatic heterocycles. The Morgan fingerprint density at radius 2 is 2.00 bits per heavy atom. The minimum Gasteiger partial charge on any atom is -0.356 e. The van der Waals surface area contributed by atoms with Crippen LogP contribution >= 0.6 is 11.3 Å². The lowest BCUT2D eigenvalue weighted by Crippen LogP contribution is -2.33. The fourth-order valence-corrected chi connectivity index (χ4v) is 4.32. The summed E-state index contributed by atoms with van der Waals surface area (Å²) in [4.78, 5) is 43.1. The van der Waals surface area contributed by atoms with Crippen molar-refractivity contribution in [1.29, 1.82) is 0 Å². The van der Waals surface area contributed by atoms with Gasteiger partial charge in [-0.05, 0) is 24.8 Å². The lowest BCUT2D eigenvalue weighted by atomic mass is 10.1. The number of hydrogen-bond acceptors (Lipinski definition) is 5. The third-order valence-electron chi connectivity index (χ3n) is 5.01. The third kappa shape index (κ3) is 4.18. The van der Waals surface area contributed by atoms with Gasteiger partial charge in [0.15, 0.2) is 0 Å². The average Bonchev–Trinajstić information content (AvgIpc) is 3.28. The van der Waals surface area contributed by atoms with Gasteiger partial charge in [-0.1, -0.05) is 36.4 Å². The molecule has 2 aromatic carbocycles. The Kier molecular flexibility index (Phi) is 5.76. The minimum atomic E-state index is -0.705. The SMILES string of the molecule is Cc1csc(CCNC(=O)CC[C@H]2NC(=O)N(c3cccc4ccccc34)C2=O)n1. The highest BCUT2D eigenvalue weighted by atomic mass is 32.1. The maximum absolute atomic E-state index is 12.9. The first kappa shape index (κ1) is 20.0. The lowest BCUT2D eigenvalue weighted by molar-refractivity contribution is -0.121. The Bertz CT molecular complexity index is 1110.